The van der Waals surface area contributed by atoms with Crippen molar-refractivity contribution >= 4 is 22.8 Å². The molecular formula is C14H15NO4. The van der Waals surface area contributed by atoms with Gasteiger partial charge in [0.2, 0.25) is 5.91 Å². The monoisotopic (exact) mass is 261 g/mol. The fraction of sp³-hybridized carbons (Fsp3) is 0.286. The van der Waals surface area contributed by atoms with E-state index in [1.807, 2.05) is 0 Å². The lowest BCUT2D eigenvalue weighted by atomic mass is 10.1. The molecule has 0 radical (unpaired) electrons. The molecule has 5 heteroatoms. The Labute approximate surface area is 110 Å². The molecule has 2 aromatic rings. The van der Waals surface area contributed by atoms with Crippen molar-refractivity contribution in [3.05, 3.63) is 35.6 Å². The standard InChI is InChI=1S/C14H15NO4/c1-9(16)15-6-5-11-8-19-13-4-3-10(7-12(11)13)14(17)18-2/h3-4,7-8H,5-6H2,1-2H3,(H,15,16). The number of furan rings is 1. The second-order valence-corrected chi connectivity index (χ2v) is 4.20. The fourth-order valence-electron chi connectivity index (χ4n) is 1.89. The molecule has 0 saturated heterocycles. The molecule has 1 amide bonds. The maximum atomic E-state index is 11.5. The van der Waals surface area contributed by atoms with Gasteiger partial charge in [0.25, 0.3) is 0 Å². The van der Waals surface area contributed by atoms with Gasteiger partial charge in [-0.05, 0) is 30.2 Å². The Morgan fingerprint density at radius 3 is 2.84 bits per heavy atom. The normalized spacial score (nSPS) is 10.4. The van der Waals surface area contributed by atoms with E-state index in [9.17, 15) is 9.59 Å². The SMILES string of the molecule is COC(=O)c1ccc2occ(CCNC(C)=O)c2c1. The van der Waals surface area contributed by atoms with Gasteiger partial charge in [-0.3, -0.25) is 4.79 Å². The number of nitrogens with one attached hydrogen (secondary N) is 1. The van der Waals surface area contributed by atoms with E-state index in [2.05, 4.69) is 10.1 Å². The van der Waals surface area contributed by atoms with Crippen molar-refractivity contribution in [3.8, 4) is 0 Å². The second-order valence-electron chi connectivity index (χ2n) is 4.20. The molecule has 0 unspecified atom stereocenters. The van der Waals surface area contributed by atoms with E-state index in [4.69, 9.17) is 4.42 Å². The lowest BCUT2D eigenvalue weighted by molar-refractivity contribution is -0.118. The Morgan fingerprint density at radius 1 is 1.37 bits per heavy atom. The summed E-state index contributed by atoms with van der Waals surface area (Å²) in [5.74, 6) is -0.445. The molecule has 0 atom stereocenters. The number of amides is 1. The maximum absolute atomic E-state index is 11.5. The minimum atomic E-state index is -0.379. The molecule has 0 aliphatic rings. The van der Waals surface area contributed by atoms with Gasteiger partial charge in [-0.15, -0.1) is 0 Å². The van der Waals surface area contributed by atoms with Crippen LogP contribution in [0.25, 0.3) is 11.0 Å². The highest BCUT2D eigenvalue weighted by Gasteiger charge is 2.11. The summed E-state index contributed by atoms with van der Waals surface area (Å²) in [6.07, 6.45) is 2.30. The average Bonchev–Trinajstić information content (AvgIpc) is 2.80. The number of hydrogen-bond donors (Lipinski definition) is 1. The predicted octanol–water partition coefficient (Wildman–Crippen LogP) is 1.90. The summed E-state index contributed by atoms with van der Waals surface area (Å²) >= 11 is 0. The van der Waals surface area contributed by atoms with E-state index in [1.54, 1.807) is 24.5 Å². The number of carbonyl (C=O) groups is 2. The molecule has 0 aliphatic heterocycles. The summed E-state index contributed by atoms with van der Waals surface area (Å²) in [7, 11) is 1.35. The molecule has 2 rings (SSSR count). The summed E-state index contributed by atoms with van der Waals surface area (Å²) in [5, 5.41) is 3.59. The quantitative estimate of drug-likeness (QED) is 0.853. The maximum Gasteiger partial charge on any atom is 0.337 e. The Balaban J connectivity index is 2.24. The number of fused-ring (bicyclic) bond motifs is 1. The first-order chi connectivity index (χ1) is 9.11. The summed E-state index contributed by atoms with van der Waals surface area (Å²) in [5.41, 5.74) is 2.15. The van der Waals surface area contributed by atoms with E-state index < -0.39 is 0 Å². The molecule has 0 fully saturated rings. The van der Waals surface area contributed by atoms with Gasteiger partial charge in [0, 0.05) is 18.9 Å². The van der Waals surface area contributed by atoms with Crippen molar-refractivity contribution in [2.45, 2.75) is 13.3 Å². The van der Waals surface area contributed by atoms with Crippen LogP contribution in [-0.2, 0) is 16.0 Å². The molecule has 100 valence electrons. The second kappa shape index (κ2) is 5.56. The third kappa shape index (κ3) is 2.93. The van der Waals surface area contributed by atoms with Crippen LogP contribution in [-0.4, -0.2) is 25.5 Å². The van der Waals surface area contributed by atoms with Crippen LogP contribution in [0.1, 0.15) is 22.8 Å². The smallest absolute Gasteiger partial charge is 0.337 e. The lowest BCUT2D eigenvalue weighted by Crippen LogP contribution is -2.22. The number of esters is 1. The van der Waals surface area contributed by atoms with Crippen LogP contribution in [0.15, 0.2) is 28.9 Å². The van der Waals surface area contributed by atoms with Crippen LogP contribution < -0.4 is 5.32 Å². The predicted molar refractivity (Wildman–Crippen MR) is 69.9 cm³/mol. The summed E-state index contributed by atoms with van der Waals surface area (Å²) in [4.78, 5) is 22.3. The van der Waals surface area contributed by atoms with E-state index in [1.165, 1.54) is 14.0 Å². The summed E-state index contributed by atoms with van der Waals surface area (Å²) in [6.45, 7) is 2.01. The Kier molecular flexibility index (Phi) is 3.85. The lowest BCUT2D eigenvalue weighted by Gasteiger charge is -2.02. The van der Waals surface area contributed by atoms with Gasteiger partial charge in [0.05, 0.1) is 18.9 Å². The van der Waals surface area contributed by atoms with Crippen LogP contribution in [0.4, 0.5) is 0 Å². The van der Waals surface area contributed by atoms with Gasteiger partial charge in [0.15, 0.2) is 0 Å². The number of methoxy groups -OCH3 is 1. The van der Waals surface area contributed by atoms with Gasteiger partial charge < -0.3 is 14.5 Å². The molecule has 1 N–H and O–H groups in total. The van der Waals surface area contributed by atoms with Crippen LogP contribution in [0.3, 0.4) is 0 Å². The van der Waals surface area contributed by atoms with Gasteiger partial charge in [0.1, 0.15) is 5.58 Å². The molecule has 19 heavy (non-hydrogen) atoms. The largest absolute Gasteiger partial charge is 0.465 e. The van der Waals surface area contributed by atoms with Crippen LogP contribution in [0, 0.1) is 0 Å². The minimum absolute atomic E-state index is 0.0666. The topological polar surface area (TPSA) is 68.5 Å². The number of benzene rings is 1. The molecule has 0 spiro atoms. The summed E-state index contributed by atoms with van der Waals surface area (Å²) in [6, 6.07) is 5.15. The number of carbonyl (C=O) groups excluding carboxylic acids is 2. The zero-order chi connectivity index (χ0) is 13.8. The molecule has 0 aliphatic carbocycles. The zero-order valence-electron chi connectivity index (χ0n) is 10.9. The molecule has 0 bridgehead atoms. The first-order valence-electron chi connectivity index (χ1n) is 5.94. The summed E-state index contributed by atoms with van der Waals surface area (Å²) < 4.78 is 10.1. The highest BCUT2D eigenvalue weighted by atomic mass is 16.5. The zero-order valence-corrected chi connectivity index (χ0v) is 10.9. The van der Waals surface area contributed by atoms with E-state index >= 15 is 0 Å². The first-order valence-corrected chi connectivity index (χ1v) is 5.94. The van der Waals surface area contributed by atoms with Gasteiger partial charge in [-0.25, -0.2) is 4.79 Å². The van der Waals surface area contributed by atoms with Crippen molar-refractivity contribution in [2.75, 3.05) is 13.7 Å². The first kappa shape index (κ1) is 13.1. The van der Waals surface area contributed by atoms with Crippen molar-refractivity contribution in [1.29, 1.82) is 0 Å². The third-order valence-corrected chi connectivity index (χ3v) is 2.84. The highest BCUT2D eigenvalue weighted by Crippen LogP contribution is 2.23. The van der Waals surface area contributed by atoms with Gasteiger partial charge >= 0.3 is 5.97 Å². The average molecular weight is 261 g/mol. The van der Waals surface area contributed by atoms with E-state index in [0.717, 1.165) is 10.9 Å². The molecular weight excluding hydrogens is 246 g/mol. The molecule has 1 aromatic carbocycles. The number of hydrogen-bond acceptors (Lipinski definition) is 4. The Bertz CT molecular complexity index is 615. The fourth-order valence-corrected chi connectivity index (χ4v) is 1.89. The van der Waals surface area contributed by atoms with Crippen LogP contribution >= 0.6 is 0 Å². The number of ether oxygens (including phenoxy) is 1. The number of rotatable bonds is 4. The Hall–Kier alpha value is -2.30. The van der Waals surface area contributed by atoms with Crippen molar-refractivity contribution < 1.29 is 18.7 Å². The van der Waals surface area contributed by atoms with Crippen LogP contribution in [0.2, 0.25) is 0 Å². The van der Waals surface area contributed by atoms with E-state index in [0.29, 0.717) is 24.1 Å². The molecule has 1 heterocycles. The van der Waals surface area contributed by atoms with Crippen molar-refractivity contribution in [2.24, 2.45) is 0 Å². The third-order valence-electron chi connectivity index (χ3n) is 2.84. The molecule has 1 aromatic heterocycles. The van der Waals surface area contributed by atoms with Crippen LogP contribution in [0.5, 0.6) is 0 Å². The van der Waals surface area contributed by atoms with Crippen molar-refractivity contribution in [3.63, 3.8) is 0 Å². The Morgan fingerprint density at radius 2 is 2.16 bits per heavy atom. The van der Waals surface area contributed by atoms with Gasteiger partial charge in [-0.1, -0.05) is 0 Å². The van der Waals surface area contributed by atoms with E-state index in [-0.39, 0.29) is 11.9 Å². The minimum Gasteiger partial charge on any atom is -0.465 e. The van der Waals surface area contributed by atoms with Crippen molar-refractivity contribution in [1.82, 2.24) is 5.32 Å². The van der Waals surface area contributed by atoms with Gasteiger partial charge in [-0.2, -0.15) is 0 Å². The highest BCUT2D eigenvalue weighted by molar-refractivity contribution is 5.95. The molecule has 5 nitrogen and oxygen atoms in total. The molecule has 0 saturated carbocycles.